The maximum absolute atomic E-state index is 12.2. The first-order chi connectivity index (χ1) is 9.42. The van der Waals surface area contributed by atoms with Crippen LogP contribution in [-0.4, -0.2) is 8.42 Å². The Hall–Kier alpha value is -0.890. The third kappa shape index (κ3) is 3.60. The molecule has 0 fully saturated rings. The molecule has 0 spiro atoms. The van der Waals surface area contributed by atoms with Gasteiger partial charge in [0.25, 0.3) is 0 Å². The van der Waals surface area contributed by atoms with Crippen molar-refractivity contribution in [2.75, 3.05) is 5.73 Å². The number of aryl methyl sites for hydroxylation is 1. The first-order valence-corrected chi connectivity index (χ1v) is 9.14. The molecule has 20 heavy (non-hydrogen) atoms. The van der Waals surface area contributed by atoms with Gasteiger partial charge in [-0.3, -0.25) is 0 Å². The number of rotatable bonds is 5. The minimum atomic E-state index is -3.52. The summed E-state index contributed by atoms with van der Waals surface area (Å²) in [4.78, 5) is 2.44. The molecule has 0 aliphatic heterocycles. The smallest absolute Gasteiger partial charge is 0.240 e. The fourth-order valence-electron chi connectivity index (χ4n) is 1.63. The van der Waals surface area contributed by atoms with Crippen LogP contribution in [0.25, 0.3) is 0 Å². The van der Waals surface area contributed by atoms with E-state index in [9.17, 15) is 8.42 Å². The maximum Gasteiger partial charge on any atom is 0.240 e. The summed E-state index contributed by atoms with van der Waals surface area (Å²) in [6, 6.07) is 8.54. The van der Waals surface area contributed by atoms with Gasteiger partial charge in [-0.1, -0.05) is 6.92 Å². The molecule has 0 atom stereocenters. The number of nitrogens with one attached hydrogen (secondary N) is 1. The van der Waals surface area contributed by atoms with Crippen LogP contribution in [0.3, 0.4) is 0 Å². The second kappa shape index (κ2) is 6.26. The molecular formula is C13H15BrN2O2S2. The van der Waals surface area contributed by atoms with Crippen LogP contribution in [0.15, 0.2) is 39.7 Å². The van der Waals surface area contributed by atoms with Gasteiger partial charge in [-0.05, 0) is 52.7 Å². The van der Waals surface area contributed by atoms with Gasteiger partial charge < -0.3 is 5.73 Å². The topological polar surface area (TPSA) is 72.2 Å². The fourth-order valence-corrected chi connectivity index (χ4v) is 4.18. The molecule has 1 aromatic carbocycles. The van der Waals surface area contributed by atoms with Crippen molar-refractivity contribution in [1.82, 2.24) is 4.72 Å². The van der Waals surface area contributed by atoms with Crippen LogP contribution in [0.5, 0.6) is 0 Å². The van der Waals surface area contributed by atoms with Crippen molar-refractivity contribution in [1.29, 1.82) is 0 Å². The number of anilines is 1. The van der Waals surface area contributed by atoms with Crippen molar-refractivity contribution < 1.29 is 8.42 Å². The van der Waals surface area contributed by atoms with Gasteiger partial charge in [0, 0.05) is 26.5 Å². The van der Waals surface area contributed by atoms with Crippen molar-refractivity contribution in [3.05, 3.63) is 44.6 Å². The summed E-state index contributed by atoms with van der Waals surface area (Å²) >= 11 is 4.85. The Bertz CT molecular complexity index is 711. The van der Waals surface area contributed by atoms with Crippen LogP contribution in [0.4, 0.5) is 5.69 Å². The summed E-state index contributed by atoms with van der Waals surface area (Å²) in [6.07, 6.45) is 0.961. The van der Waals surface area contributed by atoms with E-state index in [1.165, 1.54) is 17.0 Å². The normalized spacial score (nSPS) is 11.7. The molecule has 7 heteroatoms. The van der Waals surface area contributed by atoms with E-state index in [1.54, 1.807) is 17.4 Å². The lowest BCUT2D eigenvalue weighted by molar-refractivity contribution is 0.582. The second-order valence-corrected chi connectivity index (χ2v) is 8.10. The van der Waals surface area contributed by atoms with Crippen LogP contribution in [0, 0.1) is 0 Å². The molecule has 0 bridgehead atoms. The molecule has 0 aliphatic rings. The van der Waals surface area contributed by atoms with Crippen LogP contribution >= 0.6 is 27.3 Å². The van der Waals surface area contributed by atoms with Crippen LogP contribution in [0.2, 0.25) is 0 Å². The molecule has 108 valence electrons. The van der Waals surface area contributed by atoms with Gasteiger partial charge in [0.15, 0.2) is 0 Å². The summed E-state index contributed by atoms with van der Waals surface area (Å²) < 4.78 is 27.5. The zero-order valence-electron chi connectivity index (χ0n) is 10.9. The lowest BCUT2D eigenvalue weighted by Gasteiger charge is -2.07. The largest absolute Gasteiger partial charge is 0.398 e. The molecule has 3 N–H and O–H groups in total. The highest BCUT2D eigenvalue weighted by molar-refractivity contribution is 9.10. The Balaban J connectivity index is 2.12. The number of thiophene rings is 1. The third-order valence-corrected chi connectivity index (χ3v) is 6.10. The zero-order chi connectivity index (χ0) is 14.8. The summed E-state index contributed by atoms with van der Waals surface area (Å²) in [5.74, 6) is 0. The van der Waals surface area contributed by atoms with Crippen molar-refractivity contribution in [2.45, 2.75) is 24.8 Å². The summed E-state index contributed by atoms with van der Waals surface area (Å²) in [5.41, 5.74) is 6.16. The van der Waals surface area contributed by atoms with Crippen LogP contribution in [0.1, 0.15) is 16.7 Å². The maximum atomic E-state index is 12.2. The number of nitrogen functional groups attached to an aromatic ring is 1. The summed E-state index contributed by atoms with van der Waals surface area (Å²) in [6.45, 7) is 2.38. The predicted octanol–water partition coefficient (Wildman–Crippen LogP) is 3.13. The number of nitrogens with two attached hydrogens (primary N) is 1. The molecule has 2 aromatic rings. The standard InChI is InChI=1S/C13H15BrN2O2S2/c1-2-9-3-4-10(19-9)8-16-20(17,18)11-5-6-13(15)12(14)7-11/h3-7,16H,2,8,15H2,1H3. The molecule has 1 aromatic heterocycles. The van der Waals surface area contributed by atoms with Gasteiger partial charge in [0.1, 0.15) is 0 Å². The number of sulfonamides is 1. The minimum absolute atomic E-state index is 0.200. The Labute approximate surface area is 131 Å². The molecule has 0 aliphatic carbocycles. The molecule has 0 amide bonds. The second-order valence-electron chi connectivity index (χ2n) is 4.23. The monoisotopic (exact) mass is 374 g/mol. The predicted molar refractivity (Wildman–Crippen MR) is 86.3 cm³/mol. The van der Waals surface area contributed by atoms with E-state index in [2.05, 4.69) is 27.6 Å². The average Bonchev–Trinajstić information content (AvgIpc) is 2.87. The van der Waals surface area contributed by atoms with Crippen molar-refractivity contribution in [3.8, 4) is 0 Å². The van der Waals surface area contributed by atoms with E-state index >= 15 is 0 Å². The number of hydrogen-bond acceptors (Lipinski definition) is 4. The number of benzene rings is 1. The molecule has 0 radical (unpaired) electrons. The number of halogens is 1. The van der Waals surface area contributed by atoms with Crippen LogP contribution < -0.4 is 10.5 Å². The molecule has 0 saturated carbocycles. The number of hydrogen-bond donors (Lipinski definition) is 2. The molecule has 0 unspecified atom stereocenters. The first kappa shape index (κ1) is 15.5. The summed E-state index contributed by atoms with van der Waals surface area (Å²) in [7, 11) is -3.52. The molecule has 0 saturated heterocycles. The Morgan fingerprint density at radius 1 is 1.25 bits per heavy atom. The molecule has 4 nitrogen and oxygen atoms in total. The summed E-state index contributed by atoms with van der Waals surface area (Å²) in [5, 5.41) is 0. The fraction of sp³-hybridized carbons (Fsp3) is 0.231. The van der Waals surface area contributed by atoms with E-state index in [0.29, 0.717) is 16.7 Å². The van der Waals surface area contributed by atoms with E-state index in [4.69, 9.17) is 5.73 Å². The van der Waals surface area contributed by atoms with Crippen molar-refractivity contribution >= 4 is 43.0 Å². The highest BCUT2D eigenvalue weighted by Crippen LogP contribution is 2.23. The SMILES string of the molecule is CCc1ccc(CNS(=O)(=O)c2ccc(N)c(Br)c2)s1. The Morgan fingerprint density at radius 2 is 1.95 bits per heavy atom. The zero-order valence-corrected chi connectivity index (χ0v) is 14.1. The average molecular weight is 375 g/mol. The van der Waals surface area contributed by atoms with E-state index < -0.39 is 10.0 Å². The van der Waals surface area contributed by atoms with Gasteiger partial charge in [-0.2, -0.15) is 0 Å². The minimum Gasteiger partial charge on any atom is -0.398 e. The van der Waals surface area contributed by atoms with E-state index in [1.807, 2.05) is 12.1 Å². The van der Waals surface area contributed by atoms with Gasteiger partial charge in [-0.25, -0.2) is 13.1 Å². The van der Waals surface area contributed by atoms with E-state index in [-0.39, 0.29) is 4.90 Å². The van der Waals surface area contributed by atoms with E-state index in [0.717, 1.165) is 11.3 Å². The Morgan fingerprint density at radius 3 is 2.55 bits per heavy atom. The van der Waals surface area contributed by atoms with Crippen molar-refractivity contribution in [3.63, 3.8) is 0 Å². The third-order valence-electron chi connectivity index (χ3n) is 2.78. The first-order valence-electron chi connectivity index (χ1n) is 6.04. The van der Waals surface area contributed by atoms with Gasteiger partial charge in [0.2, 0.25) is 10.0 Å². The lowest BCUT2D eigenvalue weighted by Crippen LogP contribution is -2.22. The lowest BCUT2D eigenvalue weighted by atomic mass is 10.3. The van der Waals surface area contributed by atoms with Crippen LogP contribution in [-0.2, 0) is 23.0 Å². The molecule has 1 heterocycles. The van der Waals surface area contributed by atoms with Crippen molar-refractivity contribution in [2.24, 2.45) is 0 Å². The van der Waals surface area contributed by atoms with Gasteiger partial charge >= 0.3 is 0 Å². The van der Waals surface area contributed by atoms with Gasteiger partial charge in [0.05, 0.1) is 4.90 Å². The quantitative estimate of drug-likeness (QED) is 0.789. The molecular weight excluding hydrogens is 360 g/mol. The Kier molecular flexibility index (Phi) is 4.85. The highest BCUT2D eigenvalue weighted by Gasteiger charge is 2.15. The molecule has 2 rings (SSSR count). The van der Waals surface area contributed by atoms with Gasteiger partial charge in [-0.15, -0.1) is 11.3 Å². The highest BCUT2D eigenvalue weighted by atomic mass is 79.9.